The van der Waals surface area contributed by atoms with Crippen LogP contribution in [0.5, 0.6) is 0 Å². The van der Waals surface area contributed by atoms with Crippen LogP contribution in [-0.2, 0) is 11.2 Å². The minimum Gasteiger partial charge on any atom is -0.480 e. The Bertz CT molecular complexity index is 367. The zero-order valence-corrected chi connectivity index (χ0v) is 7.40. The fourth-order valence-electron chi connectivity index (χ4n) is 1.67. The molecule has 2 rings (SSSR count). The number of aliphatic carboxylic acids is 1. The van der Waals surface area contributed by atoms with Gasteiger partial charge in [-0.3, -0.25) is 10.1 Å². The summed E-state index contributed by atoms with van der Waals surface area (Å²) in [6.45, 7) is 0. The highest BCUT2D eigenvalue weighted by atomic mass is 19.1. The van der Waals surface area contributed by atoms with E-state index in [2.05, 4.69) is 5.32 Å². The van der Waals surface area contributed by atoms with E-state index >= 15 is 0 Å². The lowest BCUT2D eigenvalue weighted by atomic mass is 9.95. The number of rotatable bonds is 1. The Kier molecular flexibility index (Phi) is 2.21. The van der Waals surface area contributed by atoms with Crippen LogP contribution in [0.15, 0.2) is 24.3 Å². The van der Waals surface area contributed by atoms with Crippen molar-refractivity contribution in [1.82, 2.24) is 5.32 Å². The Labute approximate surface area is 80.6 Å². The van der Waals surface area contributed by atoms with Gasteiger partial charge < -0.3 is 5.11 Å². The maximum Gasteiger partial charge on any atom is 0.321 e. The SMILES string of the molecule is O=C(O)C1Cc2ccccc2C(F)N1. The molecule has 2 atom stereocenters. The number of carbonyl (C=O) groups is 1. The molecule has 0 spiro atoms. The van der Waals surface area contributed by atoms with Gasteiger partial charge in [0.15, 0.2) is 6.30 Å². The van der Waals surface area contributed by atoms with Crippen molar-refractivity contribution in [1.29, 1.82) is 0 Å². The Morgan fingerprint density at radius 1 is 1.50 bits per heavy atom. The molecule has 1 aliphatic rings. The lowest BCUT2D eigenvalue weighted by Gasteiger charge is -2.26. The minimum absolute atomic E-state index is 0.339. The number of alkyl halides is 1. The zero-order valence-electron chi connectivity index (χ0n) is 7.40. The summed E-state index contributed by atoms with van der Waals surface area (Å²) >= 11 is 0. The predicted molar refractivity (Wildman–Crippen MR) is 48.6 cm³/mol. The average Bonchev–Trinajstić information content (AvgIpc) is 2.17. The molecule has 0 aliphatic carbocycles. The summed E-state index contributed by atoms with van der Waals surface area (Å²) < 4.78 is 13.4. The molecule has 0 saturated heterocycles. The molecule has 1 aromatic rings. The second kappa shape index (κ2) is 3.38. The standard InChI is InChI=1S/C10H10FNO2/c11-9-7-4-2-1-3-6(7)5-8(12-9)10(13)14/h1-4,8-9,12H,5H2,(H,13,14). The van der Waals surface area contributed by atoms with E-state index in [-0.39, 0.29) is 0 Å². The first-order valence-corrected chi connectivity index (χ1v) is 4.39. The summed E-state index contributed by atoms with van der Waals surface area (Å²) in [6.07, 6.45) is -1.03. The summed E-state index contributed by atoms with van der Waals surface area (Å²) in [5, 5.41) is 11.2. The maximum atomic E-state index is 13.4. The van der Waals surface area contributed by atoms with Gasteiger partial charge in [-0.05, 0) is 12.0 Å². The first-order valence-electron chi connectivity index (χ1n) is 4.39. The van der Waals surface area contributed by atoms with Crippen LogP contribution in [0.4, 0.5) is 4.39 Å². The number of halogens is 1. The highest BCUT2D eigenvalue weighted by molar-refractivity contribution is 5.74. The van der Waals surface area contributed by atoms with Crippen LogP contribution in [0.1, 0.15) is 17.4 Å². The number of hydrogen-bond donors (Lipinski definition) is 2. The van der Waals surface area contributed by atoms with Crippen LogP contribution in [0.2, 0.25) is 0 Å². The van der Waals surface area contributed by atoms with Gasteiger partial charge in [0.1, 0.15) is 6.04 Å². The lowest BCUT2D eigenvalue weighted by molar-refractivity contribution is -0.140. The molecule has 0 saturated carbocycles. The molecule has 74 valence electrons. The monoisotopic (exact) mass is 195 g/mol. The summed E-state index contributed by atoms with van der Waals surface area (Å²) in [5.74, 6) is -1.01. The van der Waals surface area contributed by atoms with E-state index in [4.69, 9.17) is 5.11 Å². The molecular formula is C10H10FNO2. The number of benzene rings is 1. The number of hydrogen-bond acceptors (Lipinski definition) is 2. The van der Waals surface area contributed by atoms with Crippen molar-refractivity contribution >= 4 is 5.97 Å². The predicted octanol–water partition coefficient (Wildman–Crippen LogP) is 1.25. The molecule has 0 fully saturated rings. The number of fused-ring (bicyclic) bond motifs is 1. The van der Waals surface area contributed by atoms with Gasteiger partial charge in [0.2, 0.25) is 0 Å². The third kappa shape index (κ3) is 1.48. The topological polar surface area (TPSA) is 49.3 Å². The Morgan fingerprint density at radius 2 is 2.21 bits per heavy atom. The number of nitrogens with one attached hydrogen (secondary N) is 1. The Morgan fingerprint density at radius 3 is 2.93 bits per heavy atom. The van der Waals surface area contributed by atoms with Crippen molar-refractivity contribution in [3.8, 4) is 0 Å². The highest BCUT2D eigenvalue weighted by Gasteiger charge is 2.29. The van der Waals surface area contributed by atoms with Crippen molar-refractivity contribution in [3.05, 3.63) is 35.4 Å². The van der Waals surface area contributed by atoms with Crippen molar-refractivity contribution < 1.29 is 14.3 Å². The summed E-state index contributed by atoms with van der Waals surface area (Å²) in [7, 11) is 0. The highest BCUT2D eigenvalue weighted by Crippen LogP contribution is 2.25. The van der Waals surface area contributed by atoms with Gasteiger partial charge >= 0.3 is 5.97 Å². The Hall–Kier alpha value is -1.42. The molecule has 1 heterocycles. The van der Waals surface area contributed by atoms with Gasteiger partial charge in [-0.25, -0.2) is 4.39 Å². The van der Waals surface area contributed by atoms with Crippen LogP contribution in [0, 0.1) is 0 Å². The summed E-state index contributed by atoms with van der Waals surface area (Å²) in [4.78, 5) is 10.7. The molecule has 1 aliphatic heterocycles. The van der Waals surface area contributed by atoms with E-state index in [0.717, 1.165) is 5.56 Å². The molecular weight excluding hydrogens is 185 g/mol. The van der Waals surface area contributed by atoms with E-state index in [1.54, 1.807) is 24.3 Å². The second-order valence-electron chi connectivity index (χ2n) is 3.32. The molecule has 2 N–H and O–H groups in total. The van der Waals surface area contributed by atoms with Crippen molar-refractivity contribution in [2.45, 2.75) is 18.8 Å². The van der Waals surface area contributed by atoms with Gasteiger partial charge in [-0.2, -0.15) is 0 Å². The van der Waals surface area contributed by atoms with Gasteiger partial charge in [0, 0.05) is 5.56 Å². The largest absolute Gasteiger partial charge is 0.480 e. The van der Waals surface area contributed by atoms with Crippen LogP contribution in [-0.4, -0.2) is 17.1 Å². The van der Waals surface area contributed by atoms with E-state index in [1.807, 2.05) is 0 Å². The molecule has 3 nitrogen and oxygen atoms in total. The van der Waals surface area contributed by atoms with Gasteiger partial charge in [-0.15, -0.1) is 0 Å². The Balaban J connectivity index is 2.33. The van der Waals surface area contributed by atoms with Crippen LogP contribution in [0.25, 0.3) is 0 Å². The van der Waals surface area contributed by atoms with Gasteiger partial charge in [-0.1, -0.05) is 24.3 Å². The smallest absolute Gasteiger partial charge is 0.321 e. The average molecular weight is 195 g/mol. The number of carboxylic acids is 1. The summed E-state index contributed by atoms with van der Waals surface area (Å²) in [6, 6.07) is 6.15. The quantitative estimate of drug-likeness (QED) is 0.663. The summed E-state index contributed by atoms with van der Waals surface area (Å²) in [5.41, 5.74) is 1.32. The van der Waals surface area contributed by atoms with Crippen molar-refractivity contribution in [2.24, 2.45) is 0 Å². The molecule has 14 heavy (non-hydrogen) atoms. The van der Waals surface area contributed by atoms with E-state index in [1.165, 1.54) is 0 Å². The van der Waals surface area contributed by atoms with E-state index < -0.39 is 18.3 Å². The fourth-order valence-corrected chi connectivity index (χ4v) is 1.67. The molecule has 0 amide bonds. The third-order valence-corrected chi connectivity index (χ3v) is 2.40. The van der Waals surface area contributed by atoms with Gasteiger partial charge in [0.05, 0.1) is 0 Å². The first-order chi connectivity index (χ1) is 6.68. The third-order valence-electron chi connectivity index (χ3n) is 2.40. The zero-order chi connectivity index (χ0) is 10.1. The van der Waals surface area contributed by atoms with Crippen LogP contribution in [0.3, 0.4) is 0 Å². The normalized spacial score (nSPS) is 25.5. The molecule has 4 heteroatoms. The second-order valence-corrected chi connectivity index (χ2v) is 3.32. The van der Waals surface area contributed by atoms with E-state index in [9.17, 15) is 9.18 Å². The first kappa shape index (κ1) is 9.15. The lowest BCUT2D eigenvalue weighted by Crippen LogP contribution is -2.43. The molecule has 2 unspecified atom stereocenters. The van der Waals surface area contributed by atoms with Crippen LogP contribution < -0.4 is 5.32 Å². The molecule has 0 radical (unpaired) electrons. The fraction of sp³-hybridized carbons (Fsp3) is 0.300. The minimum atomic E-state index is -1.37. The molecule has 0 aromatic heterocycles. The van der Waals surface area contributed by atoms with Gasteiger partial charge in [0.25, 0.3) is 0 Å². The van der Waals surface area contributed by atoms with Crippen molar-refractivity contribution in [2.75, 3.05) is 0 Å². The van der Waals surface area contributed by atoms with Crippen LogP contribution >= 0.6 is 0 Å². The van der Waals surface area contributed by atoms with E-state index in [0.29, 0.717) is 12.0 Å². The molecule has 1 aromatic carbocycles. The maximum absolute atomic E-state index is 13.4. The number of carboxylic acid groups (broad SMARTS) is 1. The van der Waals surface area contributed by atoms with Crippen molar-refractivity contribution in [3.63, 3.8) is 0 Å². The molecule has 0 bridgehead atoms.